The number of amides is 1. The maximum atomic E-state index is 11.4. The number of hydrogen-bond acceptors (Lipinski definition) is 4. The lowest BCUT2D eigenvalue weighted by molar-refractivity contribution is 0.0527. The minimum atomic E-state index is -0.452. The molecule has 22 heavy (non-hydrogen) atoms. The van der Waals surface area contributed by atoms with Crippen LogP contribution in [0.2, 0.25) is 0 Å². The first kappa shape index (κ1) is 18.0. The van der Waals surface area contributed by atoms with E-state index in [2.05, 4.69) is 10.5 Å². The summed E-state index contributed by atoms with van der Waals surface area (Å²) >= 11 is 0. The summed E-state index contributed by atoms with van der Waals surface area (Å²) in [6.07, 6.45) is 4.03. The van der Waals surface area contributed by atoms with Crippen LogP contribution in [-0.4, -0.2) is 24.5 Å². The summed E-state index contributed by atoms with van der Waals surface area (Å²) in [5.74, 6) is 0. The van der Waals surface area contributed by atoms with Gasteiger partial charge in [0.15, 0.2) is 0 Å². The van der Waals surface area contributed by atoms with Gasteiger partial charge in [0.25, 0.3) is 0 Å². The average molecular weight is 306 g/mol. The van der Waals surface area contributed by atoms with Crippen LogP contribution in [0.3, 0.4) is 0 Å². The fourth-order valence-corrected chi connectivity index (χ4v) is 1.66. The molecule has 1 aromatic rings. The second-order valence-electron chi connectivity index (χ2n) is 5.97. The lowest BCUT2D eigenvalue weighted by atomic mass is 10.2. The highest BCUT2D eigenvalue weighted by Crippen LogP contribution is 2.06. The minimum Gasteiger partial charge on any atom is -0.444 e. The number of carbonyl (C=O) groups excluding carboxylic acids is 1. The van der Waals surface area contributed by atoms with E-state index in [9.17, 15) is 4.79 Å². The maximum Gasteiger partial charge on any atom is 0.407 e. The molecule has 0 spiro atoms. The van der Waals surface area contributed by atoms with Crippen molar-refractivity contribution in [3.8, 4) is 0 Å². The molecule has 5 nitrogen and oxygen atoms in total. The summed E-state index contributed by atoms with van der Waals surface area (Å²) in [5, 5.41) is 6.64. The predicted octanol–water partition coefficient (Wildman–Crippen LogP) is 3.88. The van der Waals surface area contributed by atoms with Crippen LogP contribution < -0.4 is 5.32 Å². The van der Waals surface area contributed by atoms with E-state index < -0.39 is 5.60 Å². The van der Waals surface area contributed by atoms with E-state index in [0.717, 1.165) is 24.8 Å². The van der Waals surface area contributed by atoms with Crippen LogP contribution in [0.5, 0.6) is 0 Å². The van der Waals surface area contributed by atoms with Gasteiger partial charge in [-0.1, -0.05) is 35.5 Å². The molecule has 0 bridgehead atoms. The Balaban J connectivity index is 1.97. The lowest BCUT2D eigenvalue weighted by Gasteiger charge is -2.19. The van der Waals surface area contributed by atoms with E-state index in [0.29, 0.717) is 13.2 Å². The number of rotatable bonds is 8. The van der Waals surface area contributed by atoms with Crippen molar-refractivity contribution >= 4 is 12.3 Å². The molecule has 0 atom stereocenters. The van der Waals surface area contributed by atoms with Crippen LogP contribution in [0.1, 0.15) is 45.6 Å². The van der Waals surface area contributed by atoms with Gasteiger partial charge >= 0.3 is 6.09 Å². The summed E-state index contributed by atoms with van der Waals surface area (Å²) in [7, 11) is 0. The van der Waals surface area contributed by atoms with Gasteiger partial charge in [0, 0.05) is 12.8 Å². The van der Waals surface area contributed by atoms with Crippen molar-refractivity contribution in [2.45, 2.75) is 52.2 Å². The fraction of sp³-hybridized carbons (Fsp3) is 0.529. The van der Waals surface area contributed by atoms with Gasteiger partial charge in [0.2, 0.25) is 0 Å². The monoisotopic (exact) mass is 306 g/mol. The third kappa shape index (κ3) is 9.80. The number of unbranched alkanes of at least 4 members (excludes halogenated alkanes) is 2. The van der Waals surface area contributed by atoms with Gasteiger partial charge in [-0.3, -0.25) is 0 Å². The number of ether oxygens (including phenoxy) is 1. The van der Waals surface area contributed by atoms with Crippen molar-refractivity contribution in [1.29, 1.82) is 0 Å². The van der Waals surface area contributed by atoms with Crippen molar-refractivity contribution in [3.63, 3.8) is 0 Å². The molecule has 0 heterocycles. The van der Waals surface area contributed by atoms with Gasteiger partial charge in [0.05, 0.1) is 0 Å². The highest BCUT2D eigenvalue weighted by atomic mass is 16.6. The molecule has 0 radical (unpaired) electrons. The van der Waals surface area contributed by atoms with Crippen LogP contribution in [-0.2, 0) is 16.2 Å². The molecule has 0 fully saturated rings. The molecule has 0 aliphatic carbocycles. The standard InChI is InChI=1S/C17H26N2O3/c1-17(2,3)22-16(20)18-12-8-5-9-13-19-21-14-15-10-6-4-7-11-15/h4,6-7,10-11,13H,5,8-9,12,14H2,1-3H3,(H,18,20)/b19-13+. The molecule has 5 heteroatoms. The first-order valence-corrected chi connectivity index (χ1v) is 7.62. The Labute approximate surface area is 132 Å². The minimum absolute atomic E-state index is 0.368. The summed E-state index contributed by atoms with van der Waals surface area (Å²) in [5.41, 5.74) is 0.647. The Kier molecular flexibility index (Phi) is 8.04. The number of nitrogens with one attached hydrogen (secondary N) is 1. The van der Waals surface area contributed by atoms with E-state index in [1.54, 1.807) is 6.21 Å². The Morgan fingerprint density at radius 3 is 2.64 bits per heavy atom. The molecule has 122 valence electrons. The van der Waals surface area contributed by atoms with Gasteiger partial charge in [-0.15, -0.1) is 0 Å². The Morgan fingerprint density at radius 1 is 1.23 bits per heavy atom. The summed E-state index contributed by atoms with van der Waals surface area (Å²) < 4.78 is 5.14. The van der Waals surface area contributed by atoms with E-state index in [-0.39, 0.29) is 6.09 Å². The van der Waals surface area contributed by atoms with E-state index in [1.165, 1.54) is 0 Å². The van der Waals surface area contributed by atoms with Gasteiger partial charge in [-0.25, -0.2) is 4.79 Å². The third-order valence-electron chi connectivity index (χ3n) is 2.65. The number of oxime groups is 1. The quantitative estimate of drug-likeness (QED) is 0.450. The van der Waals surface area contributed by atoms with E-state index >= 15 is 0 Å². The second-order valence-corrected chi connectivity index (χ2v) is 5.97. The first-order chi connectivity index (χ1) is 10.5. The van der Waals surface area contributed by atoms with Gasteiger partial charge in [0.1, 0.15) is 12.2 Å². The zero-order valence-corrected chi connectivity index (χ0v) is 13.7. The molecule has 0 unspecified atom stereocenters. The lowest BCUT2D eigenvalue weighted by Crippen LogP contribution is -2.32. The first-order valence-electron chi connectivity index (χ1n) is 7.62. The molecular formula is C17H26N2O3. The SMILES string of the molecule is CC(C)(C)OC(=O)NCCCC/C=N/OCc1ccccc1. The highest BCUT2D eigenvalue weighted by molar-refractivity contribution is 5.67. The van der Waals surface area contributed by atoms with Gasteiger partial charge < -0.3 is 14.9 Å². The molecule has 0 saturated heterocycles. The number of benzene rings is 1. The van der Waals surface area contributed by atoms with Crippen molar-refractivity contribution < 1.29 is 14.4 Å². The number of alkyl carbamates (subject to hydrolysis) is 1. The molecular weight excluding hydrogens is 280 g/mol. The van der Waals surface area contributed by atoms with Gasteiger partial charge in [-0.05, 0) is 45.6 Å². The van der Waals surface area contributed by atoms with Crippen molar-refractivity contribution in [3.05, 3.63) is 35.9 Å². The van der Waals surface area contributed by atoms with E-state index in [4.69, 9.17) is 9.57 Å². The molecule has 1 rings (SSSR count). The Bertz CT molecular complexity index is 453. The average Bonchev–Trinajstić information content (AvgIpc) is 2.44. The van der Waals surface area contributed by atoms with Crippen molar-refractivity contribution in [1.82, 2.24) is 5.32 Å². The normalized spacial score (nSPS) is 11.4. The smallest absolute Gasteiger partial charge is 0.407 e. The second kappa shape index (κ2) is 9.82. The zero-order valence-electron chi connectivity index (χ0n) is 13.7. The number of carbonyl (C=O) groups is 1. The van der Waals surface area contributed by atoms with Crippen LogP contribution in [0.15, 0.2) is 35.5 Å². The molecule has 0 saturated carbocycles. The summed E-state index contributed by atoms with van der Waals surface area (Å²) in [6.45, 7) is 6.63. The van der Waals surface area contributed by atoms with Crippen LogP contribution in [0, 0.1) is 0 Å². The molecule has 0 aromatic heterocycles. The van der Waals surface area contributed by atoms with Crippen LogP contribution >= 0.6 is 0 Å². The van der Waals surface area contributed by atoms with E-state index in [1.807, 2.05) is 51.1 Å². The molecule has 1 aromatic carbocycles. The molecule has 0 aliphatic rings. The molecule has 1 N–H and O–H groups in total. The van der Waals surface area contributed by atoms with Crippen molar-refractivity contribution in [2.24, 2.45) is 5.16 Å². The molecule has 1 amide bonds. The largest absolute Gasteiger partial charge is 0.444 e. The van der Waals surface area contributed by atoms with Crippen LogP contribution in [0.25, 0.3) is 0 Å². The molecule has 0 aliphatic heterocycles. The van der Waals surface area contributed by atoms with Crippen molar-refractivity contribution in [2.75, 3.05) is 6.54 Å². The summed E-state index contributed by atoms with van der Waals surface area (Å²) in [6, 6.07) is 9.91. The Morgan fingerprint density at radius 2 is 1.95 bits per heavy atom. The zero-order chi connectivity index (χ0) is 16.3. The third-order valence-corrected chi connectivity index (χ3v) is 2.65. The number of hydrogen-bond donors (Lipinski definition) is 1. The van der Waals surface area contributed by atoms with Gasteiger partial charge in [-0.2, -0.15) is 0 Å². The fourth-order valence-electron chi connectivity index (χ4n) is 1.66. The topological polar surface area (TPSA) is 59.9 Å². The maximum absolute atomic E-state index is 11.4. The highest BCUT2D eigenvalue weighted by Gasteiger charge is 2.15. The predicted molar refractivity (Wildman–Crippen MR) is 87.8 cm³/mol. The summed E-state index contributed by atoms with van der Waals surface area (Å²) in [4.78, 5) is 16.6. The van der Waals surface area contributed by atoms with Crippen LogP contribution in [0.4, 0.5) is 4.79 Å². The Hall–Kier alpha value is -2.04. The number of nitrogens with zero attached hydrogens (tertiary/aromatic N) is 1.